The number of phenols is 1. The highest BCUT2D eigenvalue weighted by Gasteiger charge is 2.74. The van der Waals surface area contributed by atoms with Gasteiger partial charge in [0, 0.05) is 12.1 Å². The van der Waals surface area contributed by atoms with Crippen LogP contribution in [0.3, 0.4) is 0 Å². The third-order valence-electron chi connectivity index (χ3n) is 8.94. The number of Topliss-reactive ketones (excluding diaryl/α,β-unsaturated/α-hetero) is 2. The van der Waals surface area contributed by atoms with E-state index in [1.807, 2.05) is 0 Å². The molecule has 0 aliphatic heterocycles. The predicted molar refractivity (Wildman–Crippen MR) is 154 cm³/mol. The first kappa shape index (κ1) is 29.7. The quantitative estimate of drug-likeness (QED) is 0.229. The van der Waals surface area contributed by atoms with E-state index in [9.17, 15) is 35.0 Å². The maximum absolute atomic E-state index is 14.5. The summed E-state index contributed by atoms with van der Waals surface area (Å²) in [4.78, 5) is 41.7. The highest BCUT2D eigenvalue weighted by molar-refractivity contribution is 6.25. The Morgan fingerprint density at radius 3 is 2.40 bits per heavy atom. The van der Waals surface area contributed by atoms with Gasteiger partial charge < -0.3 is 43.0 Å². The molecule has 4 atom stereocenters. The normalized spacial score (nSPS) is 28.3. The van der Waals surface area contributed by atoms with Gasteiger partial charge in [0.05, 0.1) is 41.4 Å². The Morgan fingerprint density at radius 2 is 1.84 bits per heavy atom. The molecule has 224 valence electrons. The van der Waals surface area contributed by atoms with Gasteiger partial charge in [0.1, 0.15) is 28.6 Å². The third-order valence-corrected chi connectivity index (χ3v) is 8.94. The average Bonchev–Trinajstić information content (AvgIpc) is 2.91. The molecular formula is C30H32N6O7. The van der Waals surface area contributed by atoms with Gasteiger partial charge in [0.15, 0.2) is 17.0 Å². The Balaban J connectivity index is 1.84. The van der Waals surface area contributed by atoms with Crippen LogP contribution in [0.5, 0.6) is 11.5 Å². The SMILES string of the molecule is COc1ccc(-c2ccc(O)c3c2C[C@@]2(N)C[C@@]4(N)[C@H](N(C)C)C(=O)C(C(N)=O)=C(O)[C@@]4(C#N)C(=O)C2=C3O)cc1CN. The fourth-order valence-corrected chi connectivity index (χ4v) is 7.21. The molecule has 1 amide bonds. The number of carbonyl (C=O) groups is 3. The van der Waals surface area contributed by atoms with Crippen LogP contribution in [0.2, 0.25) is 0 Å². The van der Waals surface area contributed by atoms with Gasteiger partial charge in [-0.2, -0.15) is 5.26 Å². The molecule has 1 saturated carbocycles. The Hall–Kier alpha value is -4.74. The number of primary amides is 1. The number of hydrogen-bond donors (Lipinski definition) is 7. The number of aromatic hydroxyl groups is 1. The van der Waals surface area contributed by atoms with Crippen LogP contribution < -0.4 is 27.7 Å². The van der Waals surface area contributed by atoms with Crippen molar-refractivity contribution in [2.45, 2.75) is 36.5 Å². The fraction of sp³-hybridized carbons (Fsp3) is 0.333. The lowest BCUT2D eigenvalue weighted by Crippen LogP contribution is -2.80. The van der Waals surface area contributed by atoms with E-state index in [0.717, 1.165) is 0 Å². The summed E-state index contributed by atoms with van der Waals surface area (Å²) in [5, 5.41) is 44.4. The standard InChI is InChI=1S/C30H32N6O7/c1-36(2)24-23(39)20(27(33)42)25(40)29(12-32)26(41)21-22(38)19-16(9-28(21,34)11-30(24,29)35)15(5-6-17(19)37)13-4-7-18(43-3)14(8-13)10-31/h4-8,24,37-38,40H,9-11,31,34-35H2,1-3H3,(H2,33,42)/t24-,28-,29+,30-/m1/s1. The van der Waals surface area contributed by atoms with Crippen LogP contribution in [-0.4, -0.2) is 76.0 Å². The lowest BCUT2D eigenvalue weighted by Gasteiger charge is -2.58. The van der Waals surface area contributed by atoms with E-state index in [1.54, 1.807) is 30.3 Å². The van der Waals surface area contributed by atoms with E-state index in [4.69, 9.17) is 27.7 Å². The Bertz CT molecular complexity index is 1740. The minimum Gasteiger partial charge on any atom is -0.509 e. The maximum Gasteiger partial charge on any atom is 0.255 e. The summed E-state index contributed by atoms with van der Waals surface area (Å²) < 4.78 is 5.38. The molecule has 0 aromatic heterocycles. The molecule has 43 heavy (non-hydrogen) atoms. The number of aliphatic hydroxyl groups excluding tert-OH is 2. The lowest BCUT2D eigenvalue weighted by molar-refractivity contribution is -0.139. The molecule has 0 radical (unpaired) electrons. The van der Waals surface area contributed by atoms with Crippen molar-refractivity contribution in [2.24, 2.45) is 28.3 Å². The molecule has 0 unspecified atom stereocenters. The molecule has 5 rings (SSSR count). The number of ketones is 2. The number of rotatable bonds is 5. The summed E-state index contributed by atoms with van der Waals surface area (Å²) in [6, 6.07) is 8.51. The summed E-state index contributed by atoms with van der Waals surface area (Å²) in [5.74, 6) is -5.25. The van der Waals surface area contributed by atoms with Crippen molar-refractivity contribution < 1.29 is 34.4 Å². The zero-order chi connectivity index (χ0) is 31.8. The topological polar surface area (TPSA) is 252 Å². The van der Waals surface area contributed by atoms with E-state index in [2.05, 4.69) is 0 Å². The van der Waals surface area contributed by atoms with Crippen LogP contribution in [-0.2, 0) is 27.3 Å². The largest absolute Gasteiger partial charge is 0.509 e. The number of hydrogen-bond acceptors (Lipinski definition) is 12. The van der Waals surface area contributed by atoms with Gasteiger partial charge in [-0.15, -0.1) is 0 Å². The molecule has 3 aliphatic rings. The second kappa shape index (κ2) is 9.65. The van der Waals surface area contributed by atoms with Gasteiger partial charge in [-0.25, -0.2) is 0 Å². The van der Waals surface area contributed by atoms with Crippen LogP contribution in [0, 0.1) is 16.7 Å². The summed E-state index contributed by atoms with van der Waals surface area (Å²) in [7, 11) is 4.43. The van der Waals surface area contributed by atoms with Crippen LogP contribution in [0.1, 0.15) is 23.1 Å². The van der Waals surface area contributed by atoms with Crippen LogP contribution in [0.4, 0.5) is 0 Å². The van der Waals surface area contributed by atoms with Gasteiger partial charge in [0.2, 0.25) is 0 Å². The van der Waals surface area contributed by atoms with E-state index in [1.165, 1.54) is 32.2 Å². The lowest BCUT2D eigenvalue weighted by atomic mass is 9.47. The number of amides is 1. The predicted octanol–water partition coefficient (Wildman–Crippen LogP) is 0.0398. The van der Waals surface area contributed by atoms with Crippen molar-refractivity contribution in [3.8, 4) is 28.7 Å². The van der Waals surface area contributed by atoms with Gasteiger partial charge in [-0.05, 0) is 61.8 Å². The number of benzene rings is 2. The third kappa shape index (κ3) is 3.68. The van der Waals surface area contributed by atoms with Gasteiger partial charge in [0.25, 0.3) is 5.91 Å². The monoisotopic (exact) mass is 588 g/mol. The van der Waals surface area contributed by atoms with Crippen molar-refractivity contribution in [3.63, 3.8) is 0 Å². The van der Waals surface area contributed by atoms with Crippen LogP contribution >= 0.6 is 0 Å². The number of nitrogens with zero attached hydrogens (tertiary/aromatic N) is 2. The summed E-state index contributed by atoms with van der Waals surface area (Å²) in [6.07, 6.45) is -0.627. The second-order valence-electron chi connectivity index (χ2n) is 11.5. The molecule has 13 heteroatoms. The molecule has 3 aliphatic carbocycles. The number of carbonyl (C=O) groups excluding carboxylic acids is 3. The van der Waals surface area contributed by atoms with E-state index >= 15 is 0 Å². The molecule has 2 aromatic rings. The number of likely N-dealkylation sites (N-methyl/N-ethyl adjacent to an activating group) is 1. The molecular weight excluding hydrogens is 556 g/mol. The Kier molecular flexibility index (Phi) is 6.67. The van der Waals surface area contributed by atoms with Crippen molar-refractivity contribution in [1.82, 2.24) is 4.90 Å². The van der Waals surface area contributed by atoms with Crippen molar-refractivity contribution in [3.05, 3.63) is 63.9 Å². The molecule has 0 heterocycles. The minimum atomic E-state index is -2.72. The first-order chi connectivity index (χ1) is 20.1. The summed E-state index contributed by atoms with van der Waals surface area (Å²) >= 11 is 0. The van der Waals surface area contributed by atoms with Gasteiger partial charge in [-0.1, -0.05) is 12.1 Å². The number of aliphatic hydroxyl groups is 2. The first-order valence-corrected chi connectivity index (χ1v) is 13.3. The molecule has 0 saturated heterocycles. The minimum absolute atomic E-state index is 0.0979. The molecule has 11 N–H and O–H groups in total. The zero-order valence-corrected chi connectivity index (χ0v) is 23.8. The number of ether oxygens (including phenoxy) is 1. The summed E-state index contributed by atoms with van der Waals surface area (Å²) in [6.45, 7) is 0.165. The van der Waals surface area contributed by atoms with Gasteiger partial charge >= 0.3 is 0 Å². The molecule has 1 fully saturated rings. The average molecular weight is 589 g/mol. The highest BCUT2D eigenvalue weighted by Crippen LogP contribution is 2.58. The van der Waals surface area contributed by atoms with Gasteiger partial charge in [-0.3, -0.25) is 19.3 Å². The van der Waals surface area contributed by atoms with Crippen molar-refractivity contribution in [1.29, 1.82) is 5.26 Å². The first-order valence-electron chi connectivity index (χ1n) is 13.3. The van der Waals surface area contributed by atoms with Crippen molar-refractivity contribution >= 4 is 23.2 Å². The number of nitrogens with two attached hydrogens (primary N) is 4. The number of nitriles is 1. The molecule has 2 aromatic carbocycles. The fourth-order valence-electron chi connectivity index (χ4n) is 7.21. The zero-order valence-electron chi connectivity index (χ0n) is 23.8. The number of phenolic OH excluding ortho intramolecular Hbond substituents is 1. The number of fused-ring (bicyclic) bond motifs is 3. The second-order valence-corrected chi connectivity index (χ2v) is 11.5. The Labute approximate surface area is 246 Å². The van der Waals surface area contributed by atoms with Crippen molar-refractivity contribution in [2.75, 3.05) is 21.2 Å². The molecule has 0 bridgehead atoms. The Morgan fingerprint density at radius 1 is 1.16 bits per heavy atom. The summed E-state index contributed by atoms with van der Waals surface area (Å²) in [5.41, 5.74) is 19.2. The van der Waals surface area contributed by atoms with E-state index in [0.29, 0.717) is 28.0 Å². The van der Waals surface area contributed by atoms with Crippen LogP contribution in [0.25, 0.3) is 16.9 Å². The van der Waals surface area contributed by atoms with E-state index < -0.39 is 69.1 Å². The molecule has 13 nitrogen and oxygen atoms in total. The maximum atomic E-state index is 14.5. The number of methoxy groups -OCH3 is 1. The molecule has 0 spiro atoms. The smallest absolute Gasteiger partial charge is 0.255 e. The van der Waals surface area contributed by atoms with E-state index in [-0.39, 0.29) is 24.3 Å². The van der Waals surface area contributed by atoms with Crippen LogP contribution in [0.15, 0.2) is 47.2 Å². The highest BCUT2D eigenvalue weighted by atomic mass is 16.5.